The minimum Gasteiger partial charge on any atom is -0.372 e. The molecule has 5 unspecified atom stereocenters. The molecule has 2 heterocycles. The monoisotopic (exact) mass is 1090 g/mol. The number of aryl methyl sites for hydroxylation is 1. The van der Waals surface area contributed by atoms with E-state index >= 15 is 0 Å². The van der Waals surface area contributed by atoms with Crippen molar-refractivity contribution < 1.29 is 42.7 Å². The molecule has 1 saturated heterocycles. The smallest absolute Gasteiger partial charge is 0.255 e. The summed E-state index contributed by atoms with van der Waals surface area (Å²) in [6.45, 7) is 16.5. The van der Waals surface area contributed by atoms with Crippen LogP contribution in [-0.2, 0) is 59.5 Å². The van der Waals surface area contributed by atoms with Crippen molar-refractivity contribution in [2.45, 2.75) is 162 Å². The van der Waals surface area contributed by atoms with Gasteiger partial charge in [-0.25, -0.2) is 4.39 Å². The third-order valence-electron chi connectivity index (χ3n) is 15.6. The molecule has 0 aromatic heterocycles. The van der Waals surface area contributed by atoms with Crippen LogP contribution in [0.4, 0.5) is 10.1 Å². The second kappa shape index (κ2) is 25.4. The Hall–Kier alpha value is -7.02. The highest BCUT2D eigenvalue weighted by atomic mass is 19.1. The number of ether oxygens (including phenoxy) is 1. The summed E-state index contributed by atoms with van der Waals surface area (Å²) < 4.78 is 21.3. The van der Waals surface area contributed by atoms with Crippen LogP contribution < -0.4 is 37.2 Å². The molecule has 424 valence electrons. The van der Waals surface area contributed by atoms with Crippen molar-refractivity contribution in [1.29, 1.82) is 0 Å². The summed E-state index contributed by atoms with van der Waals surface area (Å²) in [4.78, 5) is 101. The van der Waals surface area contributed by atoms with Gasteiger partial charge in [0.05, 0.1) is 36.9 Å². The Labute approximate surface area is 464 Å². The van der Waals surface area contributed by atoms with Gasteiger partial charge < -0.3 is 51.8 Å². The molecule has 7 rings (SSSR count). The van der Waals surface area contributed by atoms with Crippen LogP contribution in [0.5, 0.6) is 0 Å². The maximum absolute atomic E-state index is 14.8. The molecule has 79 heavy (non-hydrogen) atoms. The number of likely N-dealkylation sites (N-methyl/N-ethyl adjacent to an activating group) is 2. The summed E-state index contributed by atoms with van der Waals surface area (Å²) in [7, 11) is 3.32. The molecule has 3 aliphatic rings. The lowest BCUT2D eigenvalue weighted by Gasteiger charge is -2.41. The lowest BCUT2D eigenvalue weighted by Crippen LogP contribution is -2.62. The predicted molar refractivity (Wildman–Crippen MR) is 301 cm³/mol. The van der Waals surface area contributed by atoms with Gasteiger partial charge in [0.1, 0.15) is 30.0 Å². The van der Waals surface area contributed by atoms with E-state index in [4.69, 9.17) is 4.74 Å². The third-order valence-corrected chi connectivity index (χ3v) is 15.6. The van der Waals surface area contributed by atoms with E-state index in [9.17, 15) is 38.0 Å². The van der Waals surface area contributed by atoms with Gasteiger partial charge in [-0.05, 0) is 123 Å². The second-order valence-electron chi connectivity index (χ2n) is 23.5. The van der Waals surface area contributed by atoms with Gasteiger partial charge in [-0.1, -0.05) is 102 Å². The molecule has 17 nitrogen and oxygen atoms in total. The second-order valence-corrected chi connectivity index (χ2v) is 23.5. The molecule has 0 saturated carbocycles. The zero-order valence-corrected chi connectivity index (χ0v) is 47.6. The van der Waals surface area contributed by atoms with E-state index in [1.165, 1.54) is 16.5 Å². The van der Waals surface area contributed by atoms with Crippen LogP contribution in [0.15, 0.2) is 91.0 Å². The van der Waals surface area contributed by atoms with E-state index in [1.807, 2.05) is 65.8 Å². The molecular formula is C61H80FN9O8. The molecular weight excluding hydrogens is 1010 g/mol. The van der Waals surface area contributed by atoms with Gasteiger partial charge in [-0.3, -0.25) is 33.6 Å². The number of halogens is 1. The Balaban J connectivity index is 1.05. The van der Waals surface area contributed by atoms with E-state index < -0.39 is 82.8 Å². The zero-order chi connectivity index (χ0) is 57.5. The number of amides is 7. The average Bonchev–Trinajstić information content (AvgIpc) is 3.91. The van der Waals surface area contributed by atoms with E-state index in [2.05, 4.69) is 43.3 Å². The number of nitrogens with zero attached hydrogens (tertiary/aromatic N) is 2. The van der Waals surface area contributed by atoms with E-state index in [0.29, 0.717) is 22.4 Å². The first-order chi connectivity index (χ1) is 37.4. The van der Waals surface area contributed by atoms with Crippen LogP contribution in [0.1, 0.15) is 137 Å². The summed E-state index contributed by atoms with van der Waals surface area (Å²) in [5, 5.41) is 20.8. The van der Waals surface area contributed by atoms with Crippen LogP contribution in [0.3, 0.4) is 0 Å². The maximum atomic E-state index is 14.8. The van der Waals surface area contributed by atoms with Gasteiger partial charge in [0, 0.05) is 42.7 Å². The van der Waals surface area contributed by atoms with Crippen molar-refractivity contribution in [2.24, 2.45) is 10.8 Å². The molecule has 4 aromatic carbocycles. The average molecular weight is 1090 g/mol. The molecule has 4 aromatic rings. The molecule has 7 amide bonds. The fraction of sp³-hybridized carbons (Fsp3) is 0.492. The number of anilines is 1. The van der Waals surface area contributed by atoms with Crippen LogP contribution in [-0.4, -0.2) is 114 Å². The van der Waals surface area contributed by atoms with Gasteiger partial charge in [-0.15, -0.1) is 0 Å². The van der Waals surface area contributed by atoms with Crippen molar-refractivity contribution in [3.8, 4) is 0 Å². The minimum absolute atomic E-state index is 0.0141. The fourth-order valence-electron chi connectivity index (χ4n) is 10.5. The minimum atomic E-state index is -1.02. The molecule has 2 aliphatic heterocycles. The van der Waals surface area contributed by atoms with Crippen LogP contribution in [0.2, 0.25) is 0 Å². The summed E-state index contributed by atoms with van der Waals surface area (Å²) in [6.07, 6.45) is 2.47. The Kier molecular flexibility index (Phi) is 19.2. The molecule has 9 atom stereocenters. The summed E-state index contributed by atoms with van der Waals surface area (Å²) in [6, 6.07) is 20.7. The Morgan fingerprint density at radius 2 is 1.29 bits per heavy atom. The van der Waals surface area contributed by atoms with E-state index in [-0.39, 0.29) is 62.2 Å². The SMILES string of the molecule is CNC(C)C(=O)NC(C(=O)N1Cc2cc(NC(=O)c3ccc(CO[C@H]4C[C@@H](C(=O)N[C@@H]5CCCc6ccccc65)N(C(=O)C(NC(=O)C(C)NC)C(C)(C)C)C4)cc3)ccc2CC1C(=O)N[C@H](C)c1ccccc1F)C(C)(C)C. The predicted octanol–water partition coefficient (Wildman–Crippen LogP) is 6.17. The van der Waals surface area contributed by atoms with Crippen molar-refractivity contribution in [3.05, 3.63) is 136 Å². The lowest BCUT2D eigenvalue weighted by atomic mass is 9.84. The highest BCUT2D eigenvalue weighted by molar-refractivity contribution is 6.04. The lowest BCUT2D eigenvalue weighted by molar-refractivity contribution is -0.147. The Morgan fingerprint density at radius 3 is 1.91 bits per heavy atom. The number of fused-ring (bicyclic) bond motifs is 2. The molecule has 18 heteroatoms. The maximum Gasteiger partial charge on any atom is 0.255 e. The standard InChI is InChI=1S/C61H80FN9O8/c1-35(45-19-14-15-21-47(45)62)65-56(75)49-30-41-27-28-43(29-42(41)32-70(49)58(77)51(60(4,5)6)68-53(72)36(2)63-10)66-55(74)40-25-23-38(24-26-40)34-79-44-31-50(57(76)67-48-22-16-18-39-17-12-13-20-46(39)48)71(33-44)59(78)52(61(7,8)9)69-54(73)37(3)64-11/h12-15,17,19-21,23-29,35-37,44,48-52,63-64H,16,18,22,30-34H2,1-11H3,(H,65,75)(H,66,74)(H,67,76)(H,68,72)(H,69,73)/t35-,36?,37?,44+,48-,49?,50+,51?,52?/m1/s1. The highest BCUT2D eigenvalue weighted by Crippen LogP contribution is 2.34. The number of carbonyl (C=O) groups is 7. The Bertz CT molecular complexity index is 2880. The molecule has 0 spiro atoms. The summed E-state index contributed by atoms with van der Waals surface area (Å²) in [5.74, 6) is -3.17. The van der Waals surface area contributed by atoms with Crippen molar-refractivity contribution in [2.75, 3.05) is 26.0 Å². The van der Waals surface area contributed by atoms with Gasteiger partial charge in [0.15, 0.2) is 0 Å². The van der Waals surface area contributed by atoms with Crippen molar-refractivity contribution in [3.63, 3.8) is 0 Å². The summed E-state index contributed by atoms with van der Waals surface area (Å²) in [5.41, 5.74) is 4.17. The first-order valence-electron chi connectivity index (χ1n) is 27.5. The van der Waals surface area contributed by atoms with Crippen LogP contribution in [0, 0.1) is 16.6 Å². The number of likely N-dealkylation sites (tertiary alicyclic amines) is 1. The van der Waals surface area contributed by atoms with E-state index in [1.54, 1.807) is 94.4 Å². The highest BCUT2D eigenvalue weighted by Gasteiger charge is 2.47. The van der Waals surface area contributed by atoms with Crippen molar-refractivity contribution in [1.82, 2.24) is 41.7 Å². The first-order valence-corrected chi connectivity index (χ1v) is 27.5. The van der Waals surface area contributed by atoms with E-state index in [0.717, 1.165) is 36.0 Å². The molecule has 0 radical (unpaired) electrons. The van der Waals surface area contributed by atoms with Gasteiger partial charge in [0.25, 0.3) is 5.91 Å². The van der Waals surface area contributed by atoms with Gasteiger partial charge in [-0.2, -0.15) is 0 Å². The normalized spacial score (nSPS) is 20.1. The Morgan fingerprint density at radius 1 is 0.684 bits per heavy atom. The number of carbonyl (C=O) groups excluding carboxylic acids is 7. The number of hydrogen-bond donors (Lipinski definition) is 7. The van der Waals surface area contributed by atoms with Crippen LogP contribution >= 0.6 is 0 Å². The number of hydrogen-bond acceptors (Lipinski definition) is 10. The topological polar surface area (TPSA) is 219 Å². The number of rotatable bonds is 18. The van der Waals surface area contributed by atoms with Gasteiger partial charge >= 0.3 is 0 Å². The number of benzene rings is 4. The summed E-state index contributed by atoms with van der Waals surface area (Å²) >= 11 is 0. The molecule has 0 bridgehead atoms. The van der Waals surface area contributed by atoms with Gasteiger partial charge in [0.2, 0.25) is 35.4 Å². The first kappa shape index (κ1) is 59.6. The number of nitrogens with one attached hydrogen (secondary N) is 7. The largest absolute Gasteiger partial charge is 0.372 e. The quantitative estimate of drug-likeness (QED) is 0.0602. The van der Waals surface area contributed by atoms with Crippen LogP contribution in [0.25, 0.3) is 0 Å². The molecule has 7 N–H and O–H groups in total. The fourth-order valence-corrected chi connectivity index (χ4v) is 10.5. The molecule has 1 aliphatic carbocycles. The molecule has 1 fully saturated rings. The van der Waals surface area contributed by atoms with Crippen molar-refractivity contribution >= 4 is 47.0 Å². The third kappa shape index (κ3) is 14.4. The zero-order valence-electron chi connectivity index (χ0n) is 47.6.